The smallest absolute Gasteiger partial charge is 0.182 e. The second kappa shape index (κ2) is 5.75. The molecule has 0 aromatic heterocycles. The number of nitrogens with one attached hydrogen (secondary N) is 1. The molecule has 5 heteroatoms. The zero-order valence-corrected chi connectivity index (χ0v) is 9.19. The highest BCUT2D eigenvalue weighted by Gasteiger charge is 2.12. The van der Waals surface area contributed by atoms with Crippen molar-refractivity contribution in [3.63, 3.8) is 0 Å². The first-order chi connectivity index (χ1) is 7.54. The standard InChI is InChI=1S/C11H14F3NO/c1-3-16-6-7(2)15-10-5-8(12)4-9(13)11(10)14/h4-5,7,15H,3,6H2,1-2H3. The molecule has 0 saturated carbocycles. The van der Waals surface area contributed by atoms with E-state index in [9.17, 15) is 13.2 Å². The van der Waals surface area contributed by atoms with Gasteiger partial charge in [-0.25, -0.2) is 13.2 Å². The Bertz CT molecular complexity index is 357. The van der Waals surface area contributed by atoms with Crippen LogP contribution in [-0.4, -0.2) is 19.3 Å². The summed E-state index contributed by atoms with van der Waals surface area (Å²) in [4.78, 5) is 0. The van der Waals surface area contributed by atoms with Gasteiger partial charge in [-0.1, -0.05) is 0 Å². The van der Waals surface area contributed by atoms with Crippen molar-refractivity contribution in [1.29, 1.82) is 0 Å². The first-order valence-corrected chi connectivity index (χ1v) is 5.03. The fourth-order valence-corrected chi connectivity index (χ4v) is 1.26. The van der Waals surface area contributed by atoms with Crippen LogP contribution in [0.25, 0.3) is 0 Å². The van der Waals surface area contributed by atoms with Crippen LogP contribution in [0.4, 0.5) is 18.9 Å². The van der Waals surface area contributed by atoms with Gasteiger partial charge in [0.05, 0.1) is 12.3 Å². The number of halogens is 3. The van der Waals surface area contributed by atoms with Gasteiger partial charge in [0.25, 0.3) is 0 Å². The normalized spacial score (nSPS) is 12.6. The lowest BCUT2D eigenvalue weighted by molar-refractivity contribution is 0.141. The molecule has 0 amide bonds. The van der Waals surface area contributed by atoms with Crippen LogP contribution in [-0.2, 0) is 4.74 Å². The third-order valence-corrected chi connectivity index (χ3v) is 1.97. The SMILES string of the molecule is CCOCC(C)Nc1cc(F)cc(F)c1F. The zero-order valence-electron chi connectivity index (χ0n) is 9.19. The van der Waals surface area contributed by atoms with E-state index in [-0.39, 0.29) is 11.7 Å². The molecule has 1 aromatic rings. The van der Waals surface area contributed by atoms with Crippen molar-refractivity contribution in [1.82, 2.24) is 0 Å². The van der Waals surface area contributed by atoms with Gasteiger partial charge in [0.2, 0.25) is 0 Å². The third-order valence-electron chi connectivity index (χ3n) is 1.97. The molecule has 0 radical (unpaired) electrons. The summed E-state index contributed by atoms with van der Waals surface area (Å²) in [7, 11) is 0. The van der Waals surface area contributed by atoms with Gasteiger partial charge in [-0.15, -0.1) is 0 Å². The van der Waals surface area contributed by atoms with Gasteiger partial charge in [0, 0.05) is 24.8 Å². The van der Waals surface area contributed by atoms with Crippen LogP contribution in [0.5, 0.6) is 0 Å². The molecule has 1 aromatic carbocycles. The number of hydrogen-bond donors (Lipinski definition) is 1. The molecule has 1 atom stereocenters. The first-order valence-electron chi connectivity index (χ1n) is 5.03. The van der Waals surface area contributed by atoms with Gasteiger partial charge in [-0.3, -0.25) is 0 Å². The molecule has 0 fully saturated rings. The Hall–Kier alpha value is -1.23. The Morgan fingerprint density at radius 1 is 1.31 bits per heavy atom. The fraction of sp³-hybridized carbons (Fsp3) is 0.455. The minimum Gasteiger partial charge on any atom is -0.380 e. The van der Waals surface area contributed by atoms with Crippen LogP contribution in [0.3, 0.4) is 0 Å². The third kappa shape index (κ3) is 3.41. The van der Waals surface area contributed by atoms with E-state index in [4.69, 9.17) is 4.74 Å². The summed E-state index contributed by atoms with van der Waals surface area (Å²) in [5, 5.41) is 2.65. The minimum atomic E-state index is -1.20. The van der Waals surface area contributed by atoms with Crippen molar-refractivity contribution < 1.29 is 17.9 Å². The average molecular weight is 233 g/mol. The number of anilines is 1. The van der Waals surface area contributed by atoms with Crippen molar-refractivity contribution in [3.8, 4) is 0 Å². The molecule has 16 heavy (non-hydrogen) atoms. The van der Waals surface area contributed by atoms with E-state index >= 15 is 0 Å². The second-order valence-electron chi connectivity index (χ2n) is 3.45. The highest BCUT2D eigenvalue weighted by Crippen LogP contribution is 2.19. The van der Waals surface area contributed by atoms with E-state index < -0.39 is 17.5 Å². The van der Waals surface area contributed by atoms with Crippen molar-refractivity contribution >= 4 is 5.69 Å². The van der Waals surface area contributed by atoms with Crippen LogP contribution in [0.1, 0.15) is 13.8 Å². The molecule has 1 N–H and O–H groups in total. The Kier molecular flexibility index (Phi) is 4.61. The molecule has 2 nitrogen and oxygen atoms in total. The lowest BCUT2D eigenvalue weighted by atomic mass is 10.2. The van der Waals surface area contributed by atoms with Gasteiger partial charge in [-0.05, 0) is 13.8 Å². The molecule has 0 spiro atoms. The molecule has 0 bridgehead atoms. The Morgan fingerprint density at radius 2 is 2.00 bits per heavy atom. The summed E-state index contributed by atoms with van der Waals surface area (Å²) in [6, 6.07) is 1.20. The van der Waals surface area contributed by atoms with E-state index in [1.54, 1.807) is 6.92 Å². The highest BCUT2D eigenvalue weighted by atomic mass is 19.2. The summed E-state index contributed by atoms with van der Waals surface area (Å²) < 4.78 is 44.0. The topological polar surface area (TPSA) is 21.3 Å². The Labute approximate surface area is 92.4 Å². The summed E-state index contributed by atoms with van der Waals surface area (Å²) in [6.45, 7) is 4.44. The maximum atomic E-state index is 13.2. The predicted octanol–water partition coefficient (Wildman–Crippen LogP) is 2.94. The predicted molar refractivity (Wildman–Crippen MR) is 55.9 cm³/mol. The van der Waals surface area contributed by atoms with Gasteiger partial charge in [-0.2, -0.15) is 0 Å². The Morgan fingerprint density at radius 3 is 2.62 bits per heavy atom. The molecular weight excluding hydrogens is 219 g/mol. The molecular formula is C11H14F3NO. The van der Waals surface area contributed by atoms with E-state index in [0.717, 1.165) is 6.07 Å². The molecule has 1 rings (SSSR count). The van der Waals surface area contributed by atoms with Crippen LogP contribution in [0.2, 0.25) is 0 Å². The van der Waals surface area contributed by atoms with Gasteiger partial charge >= 0.3 is 0 Å². The van der Waals surface area contributed by atoms with Gasteiger partial charge < -0.3 is 10.1 Å². The van der Waals surface area contributed by atoms with Crippen molar-refractivity contribution in [2.45, 2.75) is 19.9 Å². The zero-order chi connectivity index (χ0) is 12.1. The average Bonchev–Trinajstić information content (AvgIpc) is 2.22. The molecule has 0 saturated heterocycles. The molecule has 0 aliphatic carbocycles. The summed E-state index contributed by atoms with van der Waals surface area (Å²) >= 11 is 0. The quantitative estimate of drug-likeness (QED) is 0.789. The van der Waals surface area contributed by atoms with E-state index in [1.165, 1.54) is 0 Å². The van der Waals surface area contributed by atoms with E-state index in [1.807, 2.05) is 6.92 Å². The number of benzene rings is 1. The number of rotatable bonds is 5. The minimum absolute atomic E-state index is 0.190. The molecule has 0 aliphatic heterocycles. The van der Waals surface area contributed by atoms with Crippen LogP contribution < -0.4 is 5.32 Å². The molecule has 0 aliphatic rings. The maximum Gasteiger partial charge on any atom is 0.182 e. The maximum absolute atomic E-state index is 13.2. The molecule has 1 unspecified atom stereocenters. The summed E-state index contributed by atoms with van der Waals surface area (Å²) in [5.41, 5.74) is -0.190. The van der Waals surface area contributed by atoms with E-state index in [2.05, 4.69) is 5.32 Å². The van der Waals surface area contributed by atoms with Crippen LogP contribution >= 0.6 is 0 Å². The van der Waals surface area contributed by atoms with Gasteiger partial charge in [0.15, 0.2) is 11.6 Å². The lowest BCUT2D eigenvalue weighted by Gasteiger charge is -2.15. The van der Waals surface area contributed by atoms with E-state index in [0.29, 0.717) is 19.3 Å². The lowest BCUT2D eigenvalue weighted by Crippen LogP contribution is -2.22. The number of ether oxygens (including phenoxy) is 1. The van der Waals surface area contributed by atoms with Gasteiger partial charge in [0.1, 0.15) is 5.82 Å². The van der Waals surface area contributed by atoms with Crippen LogP contribution in [0.15, 0.2) is 12.1 Å². The van der Waals surface area contributed by atoms with Crippen molar-refractivity contribution in [2.75, 3.05) is 18.5 Å². The first kappa shape index (κ1) is 12.8. The van der Waals surface area contributed by atoms with Crippen LogP contribution in [0, 0.1) is 17.5 Å². The second-order valence-corrected chi connectivity index (χ2v) is 3.45. The summed E-state index contributed by atoms with van der Waals surface area (Å²) in [6.07, 6.45) is 0. The highest BCUT2D eigenvalue weighted by molar-refractivity contribution is 5.46. The fourth-order valence-electron chi connectivity index (χ4n) is 1.26. The largest absolute Gasteiger partial charge is 0.380 e. The molecule has 90 valence electrons. The Balaban J connectivity index is 2.72. The van der Waals surface area contributed by atoms with Crippen molar-refractivity contribution in [2.24, 2.45) is 0 Å². The van der Waals surface area contributed by atoms with Crippen molar-refractivity contribution in [3.05, 3.63) is 29.6 Å². The summed E-state index contributed by atoms with van der Waals surface area (Å²) in [5.74, 6) is -3.10. The molecule has 0 heterocycles. The monoisotopic (exact) mass is 233 g/mol. The number of hydrogen-bond acceptors (Lipinski definition) is 2.